The molecule has 84 valence electrons. The molecule has 1 rings (SSSR count). The van der Waals surface area contributed by atoms with Crippen molar-refractivity contribution in [3.63, 3.8) is 0 Å². The number of likely N-dealkylation sites (tertiary alicyclic amines) is 1. The molecule has 1 unspecified atom stereocenters. The van der Waals surface area contributed by atoms with Gasteiger partial charge in [0.2, 0.25) is 0 Å². The Morgan fingerprint density at radius 2 is 2.29 bits per heavy atom. The van der Waals surface area contributed by atoms with E-state index in [0.717, 1.165) is 44.8 Å². The first kappa shape index (κ1) is 12.3. The van der Waals surface area contributed by atoms with Gasteiger partial charge in [0.05, 0.1) is 18.8 Å². The van der Waals surface area contributed by atoms with Gasteiger partial charge < -0.3 is 9.84 Å². The molecule has 0 radical (unpaired) electrons. The van der Waals surface area contributed by atoms with Gasteiger partial charge in [-0.05, 0) is 26.3 Å². The summed E-state index contributed by atoms with van der Waals surface area (Å²) in [4.78, 5) is 2.27. The van der Waals surface area contributed by atoms with E-state index in [2.05, 4.69) is 17.5 Å². The van der Waals surface area contributed by atoms with Gasteiger partial charge in [-0.3, -0.25) is 4.90 Å². The third-order valence-electron chi connectivity index (χ3n) is 2.54. The molecule has 0 aromatic rings. The zero-order valence-corrected chi connectivity index (χ0v) is 9.80. The fourth-order valence-corrected chi connectivity index (χ4v) is 2.00. The number of ether oxygens (including phenoxy) is 1. The maximum atomic E-state index is 9.85. The minimum absolute atomic E-state index is 0.498. The van der Waals surface area contributed by atoms with Crippen molar-refractivity contribution in [3.05, 3.63) is 0 Å². The summed E-state index contributed by atoms with van der Waals surface area (Å²) >= 11 is 4.07. The Hall–Kier alpha value is 0.230. The standard InChI is InChI=1S/C10H21NO2S/c1-10(12)3-2-4-11(9-10)5-6-13-7-8-14/h12,14H,2-9H2,1H3. The lowest BCUT2D eigenvalue weighted by Crippen LogP contribution is -2.47. The summed E-state index contributed by atoms with van der Waals surface area (Å²) in [5.74, 6) is 0.776. The Morgan fingerprint density at radius 3 is 2.93 bits per heavy atom. The van der Waals surface area contributed by atoms with Crippen LogP contribution in [0.4, 0.5) is 0 Å². The SMILES string of the molecule is CC1(O)CCCN(CCOCCS)C1. The first-order valence-corrected chi connectivity index (χ1v) is 5.91. The molecule has 1 aliphatic heterocycles. The molecule has 0 aromatic heterocycles. The monoisotopic (exact) mass is 219 g/mol. The van der Waals surface area contributed by atoms with Crippen LogP contribution in [0.15, 0.2) is 0 Å². The molecule has 1 saturated heterocycles. The summed E-state index contributed by atoms with van der Waals surface area (Å²) in [5.41, 5.74) is -0.498. The van der Waals surface area contributed by atoms with E-state index in [1.165, 1.54) is 0 Å². The molecule has 0 saturated carbocycles. The normalized spacial score (nSPS) is 29.4. The quantitative estimate of drug-likeness (QED) is 0.529. The first-order valence-electron chi connectivity index (χ1n) is 5.27. The van der Waals surface area contributed by atoms with Crippen LogP contribution < -0.4 is 0 Å². The highest BCUT2D eigenvalue weighted by atomic mass is 32.1. The Morgan fingerprint density at radius 1 is 1.50 bits per heavy atom. The summed E-state index contributed by atoms with van der Waals surface area (Å²) < 4.78 is 5.35. The molecule has 0 aromatic carbocycles. The van der Waals surface area contributed by atoms with Gasteiger partial charge in [0.15, 0.2) is 0 Å². The number of β-amino-alcohol motifs (C(OH)–C–C–N with tert-alkyl or cyclic N) is 1. The summed E-state index contributed by atoms with van der Waals surface area (Å²) in [6, 6.07) is 0. The van der Waals surface area contributed by atoms with E-state index < -0.39 is 5.60 Å². The van der Waals surface area contributed by atoms with Crippen LogP contribution in [0.3, 0.4) is 0 Å². The third-order valence-corrected chi connectivity index (χ3v) is 2.72. The molecule has 1 aliphatic rings. The summed E-state index contributed by atoms with van der Waals surface area (Å²) in [5, 5.41) is 9.85. The summed E-state index contributed by atoms with van der Waals surface area (Å²) in [6.07, 6.45) is 2.00. The van der Waals surface area contributed by atoms with Gasteiger partial charge in [-0.2, -0.15) is 12.6 Å². The number of hydrogen-bond donors (Lipinski definition) is 2. The van der Waals surface area contributed by atoms with E-state index in [-0.39, 0.29) is 0 Å². The molecular formula is C10H21NO2S. The van der Waals surface area contributed by atoms with Crippen LogP contribution >= 0.6 is 12.6 Å². The molecule has 4 heteroatoms. The van der Waals surface area contributed by atoms with Crippen LogP contribution in [0, 0.1) is 0 Å². The Bertz CT molecular complexity index is 164. The minimum atomic E-state index is -0.498. The molecule has 0 spiro atoms. The molecule has 1 atom stereocenters. The van der Waals surface area contributed by atoms with Crippen molar-refractivity contribution >= 4 is 12.6 Å². The van der Waals surface area contributed by atoms with Gasteiger partial charge in [0, 0.05) is 18.8 Å². The van der Waals surface area contributed by atoms with Crippen LogP contribution in [-0.2, 0) is 4.74 Å². The second-order valence-corrected chi connectivity index (χ2v) is 4.66. The van der Waals surface area contributed by atoms with E-state index in [4.69, 9.17) is 4.74 Å². The molecule has 0 bridgehead atoms. The third kappa shape index (κ3) is 4.64. The number of nitrogens with zero attached hydrogens (tertiary/aromatic N) is 1. The van der Waals surface area contributed by atoms with Crippen molar-refractivity contribution in [1.82, 2.24) is 4.90 Å². The minimum Gasteiger partial charge on any atom is -0.389 e. The van der Waals surface area contributed by atoms with Gasteiger partial charge in [-0.15, -0.1) is 0 Å². The number of piperidine rings is 1. The average molecular weight is 219 g/mol. The van der Waals surface area contributed by atoms with Crippen LogP contribution in [0.2, 0.25) is 0 Å². The zero-order chi connectivity index (χ0) is 10.4. The number of rotatable bonds is 5. The lowest BCUT2D eigenvalue weighted by atomic mass is 9.95. The fourth-order valence-electron chi connectivity index (χ4n) is 1.87. The van der Waals surface area contributed by atoms with Crippen LogP contribution in [-0.4, -0.2) is 54.2 Å². The second kappa shape index (κ2) is 5.95. The van der Waals surface area contributed by atoms with E-state index in [0.29, 0.717) is 6.61 Å². The average Bonchev–Trinajstić information content (AvgIpc) is 2.11. The smallest absolute Gasteiger partial charge is 0.0746 e. The van der Waals surface area contributed by atoms with Crippen LogP contribution in [0.5, 0.6) is 0 Å². The molecule has 1 fully saturated rings. The van der Waals surface area contributed by atoms with Crippen molar-refractivity contribution in [3.8, 4) is 0 Å². The van der Waals surface area contributed by atoms with E-state index in [1.807, 2.05) is 6.92 Å². The van der Waals surface area contributed by atoms with Gasteiger partial charge in [0.1, 0.15) is 0 Å². The maximum Gasteiger partial charge on any atom is 0.0746 e. The van der Waals surface area contributed by atoms with E-state index in [1.54, 1.807) is 0 Å². The fraction of sp³-hybridized carbons (Fsp3) is 1.00. The molecule has 3 nitrogen and oxygen atoms in total. The van der Waals surface area contributed by atoms with Crippen LogP contribution in [0.25, 0.3) is 0 Å². The first-order chi connectivity index (χ1) is 6.64. The van der Waals surface area contributed by atoms with Crippen molar-refractivity contribution in [2.45, 2.75) is 25.4 Å². The summed E-state index contributed by atoms with van der Waals surface area (Å²) in [6.45, 7) is 6.15. The van der Waals surface area contributed by atoms with Crippen LogP contribution in [0.1, 0.15) is 19.8 Å². The van der Waals surface area contributed by atoms with Crippen molar-refractivity contribution in [2.24, 2.45) is 0 Å². The predicted molar refractivity (Wildman–Crippen MR) is 61.0 cm³/mol. The largest absolute Gasteiger partial charge is 0.389 e. The number of hydrogen-bond acceptors (Lipinski definition) is 4. The second-order valence-electron chi connectivity index (χ2n) is 4.21. The molecular weight excluding hydrogens is 198 g/mol. The van der Waals surface area contributed by atoms with Crippen molar-refractivity contribution in [2.75, 3.05) is 38.6 Å². The van der Waals surface area contributed by atoms with E-state index in [9.17, 15) is 5.11 Å². The highest BCUT2D eigenvalue weighted by molar-refractivity contribution is 7.80. The van der Waals surface area contributed by atoms with Gasteiger partial charge in [0.25, 0.3) is 0 Å². The molecule has 0 aliphatic carbocycles. The molecule has 14 heavy (non-hydrogen) atoms. The topological polar surface area (TPSA) is 32.7 Å². The van der Waals surface area contributed by atoms with Gasteiger partial charge in [-0.1, -0.05) is 0 Å². The maximum absolute atomic E-state index is 9.85. The lowest BCUT2D eigenvalue weighted by Gasteiger charge is -2.36. The van der Waals surface area contributed by atoms with Gasteiger partial charge >= 0.3 is 0 Å². The highest BCUT2D eigenvalue weighted by Gasteiger charge is 2.27. The van der Waals surface area contributed by atoms with E-state index >= 15 is 0 Å². The van der Waals surface area contributed by atoms with Crippen molar-refractivity contribution < 1.29 is 9.84 Å². The molecule has 0 amide bonds. The molecule has 1 heterocycles. The van der Waals surface area contributed by atoms with Crippen molar-refractivity contribution in [1.29, 1.82) is 0 Å². The lowest BCUT2D eigenvalue weighted by molar-refractivity contribution is -0.0229. The number of thiol groups is 1. The predicted octanol–water partition coefficient (Wildman–Crippen LogP) is 0.780. The Kier molecular flexibility index (Phi) is 5.23. The van der Waals surface area contributed by atoms with Gasteiger partial charge in [-0.25, -0.2) is 0 Å². The zero-order valence-electron chi connectivity index (χ0n) is 8.91. The number of aliphatic hydroxyl groups is 1. The summed E-state index contributed by atoms with van der Waals surface area (Å²) in [7, 11) is 0. The highest BCUT2D eigenvalue weighted by Crippen LogP contribution is 2.19. The Balaban J connectivity index is 2.12. The molecule has 1 N–H and O–H groups in total. The Labute approximate surface area is 91.8 Å².